The maximum Gasteiger partial charge on any atom is 0.287 e. The molecule has 0 aromatic carbocycles. The van der Waals surface area contributed by atoms with Crippen LogP contribution in [0.15, 0.2) is 27.8 Å². The number of hydrogen-bond acceptors (Lipinski definition) is 8. The van der Waals surface area contributed by atoms with E-state index in [2.05, 4.69) is 15.2 Å². The van der Waals surface area contributed by atoms with E-state index in [4.69, 9.17) is 14.1 Å². The van der Waals surface area contributed by atoms with Crippen molar-refractivity contribution in [2.24, 2.45) is 0 Å². The average molecular weight is 448 g/mol. The van der Waals surface area contributed by atoms with Gasteiger partial charge in [-0.05, 0) is 26.0 Å². The third-order valence-corrected chi connectivity index (χ3v) is 5.60. The van der Waals surface area contributed by atoms with Gasteiger partial charge in [-0.2, -0.15) is 0 Å². The number of furan rings is 1. The van der Waals surface area contributed by atoms with Gasteiger partial charge in [0.1, 0.15) is 11.6 Å². The van der Waals surface area contributed by atoms with Crippen LogP contribution >= 0.6 is 11.8 Å². The van der Waals surface area contributed by atoms with E-state index in [1.807, 2.05) is 24.8 Å². The number of hydrogen-bond donors (Lipinski definition) is 1. The van der Waals surface area contributed by atoms with E-state index < -0.39 is 0 Å². The molecular weight excluding hydrogens is 418 g/mol. The minimum absolute atomic E-state index is 0.0445. The van der Waals surface area contributed by atoms with Crippen LogP contribution in [0.2, 0.25) is 0 Å². The van der Waals surface area contributed by atoms with Crippen molar-refractivity contribution in [3.05, 3.63) is 35.4 Å². The highest BCUT2D eigenvalue weighted by atomic mass is 32.2. The summed E-state index contributed by atoms with van der Waals surface area (Å²) in [5, 5.41) is 3.43. The molecular formula is C21H29N5O4S. The smallest absolute Gasteiger partial charge is 0.287 e. The zero-order valence-corrected chi connectivity index (χ0v) is 19.2. The Hall–Kier alpha value is -2.59. The summed E-state index contributed by atoms with van der Waals surface area (Å²) in [4.78, 5) is 36.9. The molecule has 168 valence electrons. The number of anilines is 1. The van der Waals surface area contributed by atoms with Crippen LogP contribution in [0.3, 0.4) is 0 Å². The van der Waals surface area contributed by atoms with Gasteiger partial charge in [-0.3, -0.25) is 9.59 Å². The first-order valence-electron chi connectivity index (χ1n) is 10.3. The number of amides is 2. The molecule has 1 N–H and O–H groups in total. The van der Waals surface area contributed by atoms with E-state index in [1.165, 1.54) is 11.8 Å². The third-order valence-electron chi connectivity index (χ3n) is 4.74. The van der Waals surface area contributed by atoms with Crippen LogP contribution in [0.5, 0.6) is 0 Å². The van der Waals surface area contributed by atoms with Gasteiger partial charge in [-0.15, -0.1) is 0 Å². The number of aromatic nitrogens is 2. The number of nitrogens with one attached hydrogen (secondary N) is 1. The Labute approximate surface area is 186 Å². The molecule has 0 bridgehead atoms. The van der Waals surface area contributed by atoms with Crippen molar-refractivity contribution >= 4 is 29.4 Å². The number of carbonyl (C=O) groups excluding carboxylic acids is 2. The zero-order chi connectivity index (χ0) is 22.4. The molecule has 1 saturated heterocycles. The molecule has 31 heavy (non-hydrogen) atoms. The van der Waals surface area contributed by atoms with Crippen LogP contribution in [0.1, 0.15) is 42.8 Å². The molecule has 1 aliphatic rings. The van der Waals surface area contributed by atoms with E-state index in [9.17, 15) is 9.59 Å². The lowest BCUT2D eigenvalue weighted by Crippen LogP contribution is -2.48. The SMILES string of the molecule is COCc1cc(N2CCN(C(C)=O)CC2)nc(SCc2ccc(C(=O)NC(C)C)o2)n1. The Morgan fingerprint density at radius 1 is 1.23 bits per heavy atom. The van der Waals surface area contributed by atoms with Crippen molar-refractivity contribution in [3.63, 3.8) is 0 Å². The lowest BCUT2D eigenvalue weighted by atomic mass is 10.3. The average Bonchev–Trinajstić information content (AvgIpc) is 3.21. The minimum atomic E-state index is -0.225. The van der Waals surface area contributed by atoms with Crippen molar-refractivity contribution in [3.8, 4) is 0 Å². The van der Waals surface area contributed by atoms with Gasteiger partial charge in [0.25, 0.3) is 5.91 Å². The summed E-state index contributed by atoms with van der Waals surface area (Å²) >= 11 is 1.44. The summed E-state index contributed by atoms with van der Waals surface area (Å²) in [6, 6.07) is 5.44. The van der Waals surface area contributed by atoms with Gasteiger partial charge < -0.3 is 24.3 Å². The number of methoxy groups -OCH3 is 1. The number of nitrogens with zero attached hydrogens (tertiary/aromatic N) is 4. The molecule has 0 atom stereocenters. The highest BCUT2D eigenvalue weighted by Crippen LogP contribution is 2.25. The van der Waals surface area contributed by atoms with E-state index in [0.29, 0.717) is 42.1 Å². The lowest BCUT2D eigenvalue weighted by Gasteiger charge is -2.35. The quantitative estimate of drug-likeness (QED) is 0.486. The first-order chi connectivity index (χ1) is 14.9. The van der Waals surface area contributed by atoms with Crippen molar-refractivity contribution in [2.75, 3.05) is 38.2 Å². The Morgan fingerprint density at radius 2 is 1.97 bits per heavy atom. The number of ether oxygens (including phenoxy) is 1. The van der Waals surface area contributed by atoms with Gasteiger partial charge in [-0.1, -0.05) is 11.8 Å². The first-order valence-corrected chi connectivity index (χ1v) is 11.2. The third kappa shape index (κ3) is 6.44. The van der Waals surface area contributed by atoms with Crippen LogP contribution in [0.25, 0.3) is 0 Å². The Morgan fingerprint density at radius 3 is 2.61 bits per heavy atom. The second-order valence-corrected chi connectivity index (χ2v) is 8.55. The van der Waals surface area contributed by atoms with Crippen LogP contribution in [0.4, 0.5) is 5.82 Å². The molecule has 10 heteroatoms. The van der Waals surface area contributed by atoms with E-state index in [-0.39, 0.29) is 17.9 Å². The van der Waals surface area contributed by atoms with E-state index in [0.717, 1.165) is 24.6 Å². The summed E-state index contributed by atoms with van der Waals surface area (Å²) in [6.45, 7) is 8.58. The van der Waals surface area contributed by atoms with Gasteiger partial charge in [-0.25, -0.2) is 9.97 Å². The molecule has 0 radical (unpaired) electrons. The number of rotatable bonds is 8. The fourth-order valence-corrected chi connectivity index (χ4v) is 3.97. The Kier molecular flexibility index (Phi) is 7.91. The summed E-state index contributed by atoms with van der Waals surface area (Å²) in [7, 11) is 1.63. The van der Waals surface area contributed by atoms with Crippen LogP contribution in [-0.4, -0.2) is 66.0 Å². The highest BCUT2D eigenvalue weighted by molar-refractivity contribution is 7.98. The molecule has 0 unspecified atom stereocenters. The van der Waals surface area contributed by atoms with Gasteiger partial charge in [0.15, 0.2) is 10.9 Å². The van der Waals surface area contributed by atoms with Crippen molar-refractivity contribution in [1.82, 2.24) is 20.2 Å². The molecule has 2 aromatic heterocycles. The topological polar surface area (TPSA) is 101 Å². The van der Waals surface area contributed by atoms with Crippen LogP contribution in [0, 0.1) is 0 Å². The van der Waals surface area contributed by atoms with Gasteiger partial charge in [0.05, 0.1) is 18.1 Å². The lowest BCUT2D eigenvalue weighted by molar-refractivity contribution is -0.129. The fraction of sp³-hybridized carbons (Fsp3) is 0.524. The molecule has 0 spiro atoms. The van der Waals surface area contributed by atoms with Gasteiger partial charge in [0, 0.05) is 52.3 Å². The molecule has 2 amide bonds. The molecule has 3 rings (SSSR count). The standard InChI is InChI=1S/C21H29N5O4S/c1-14(2)22-20(28)18-6-5-17(30-18)13-31-21-23-16(12-29-4)11-19(24-21)26-9-7-25(8-10-26)15(3)27/h5-6,11,14H,7-10,12-13H2,1-4H3,(H,22,28). The van der Waals surface area contributed by atoms with Crippen LogP contribution in [-0.2, 0) is 21.9 Å². The zero-order valence-electron chi connectivity index (χ0n) is 18.4. The normalized spacial score (nSPS) is 14.2. The molecule has 0 saturated carbocycles. The number of carbonyl (C=O) groups is 2. The number of thioether (sulfide) groups is 1. The molecule has 1 fully saturated rings. The van der Waals surface area contributed by atoms with Crippen LogP contribution < -0.4 is 10.2 Å². The van der Waals surface area contributed by atoms with Crippen molar-refractivity contribution < 1.29 is 18.7 Å². The van der Waals surface area contributed by atoms with Gasteiger partial charge in [0.2, 0.25) is 5.91 Å². The predicted octanol–water partition coefficient (Wildman–Crippen LogP) is 2.32. The monoisotopic (exact) mass is 447 g/mol. The predicted molar refractivity (Wildman–Crippen MR) is 118 cm³/mol. The first kappa shape index (κ1) is 23.1. The Balaban J connectivity index is 1.68. The number of piperazine rings is 1. The molecule has 0 aliphatic carbocycles. The second kappa shape index (κ2) is 10.6. The summed E-state index contributed by atoms with van der Waals surface area (Å²) < 4.78 is 10.9. The van der Waals surface area contributed by atoms with Crippen molar-refractivity contribution in [1.29, 1.82) is 0 Å². The fourth-order valence-electron chi connectivity index (χ4n) is 3.20. The maximum absolute atomic E-state index is 12.1. The van der Waals surface area contributed by atoms with E-state index >= 15 is 0 Å². The second-order valence-electron chi connectivity index (χ2n) is 7.61. The maximum atomic E-state index is 12.1. The highest BCUT2D eigenvalue weighted by Gasteiger charge is 2.21. The molecule has 3 heterocycles. The minimum Gasteiger partial charge on any atom is -0.455 e. The Bertz CT molecular complexity index is 909. The summed E-state index contributed by atoms with van der Waals surface area (Å²) in [5.74, 6) is 2.17. The molecule has 1 aliphatic heterocycles. The molecule has 9 nitrogen and oxygen atoms in total. The van der Waals surface area contributed by atoms with Crippen molar-refractivity contribution in [2.45, 2.75) is 44.3 Å². The molecule has 2 aromatic rings. The largest absolute Gasteiger partial charge is 0.455 e. The van der Waals surface area contributed by atoms with Gasteiger partial charge >= 0.3 is 0 Å². The summed E-state index contributed by atoms with van der Waals surface area (Å²) in [6.07, 6.45) is 0. The van der Waals surface area contributed by atoms with E-state index in [1.54, 1.807) is 26.2 Å². The summed E-state index contributed by atoms with van der Waals surface area (Å²) in [5.41, 5.74) is 0.792.